The van der Waals surface area contributed by atoms with Gasteiger partial charge in [-0.1, -0.05) is 35.4 Å². The van der Waals surface area contributed by atoms with Crippen molar-refractivity contribution in [2.24, 2.45) is 0 Å². The molecule has 0 aliphatic rings. The van der Waals surface area contributed by atoms with Gasteiger partial charge in [0.05, 0.1) is 13.2 Å². The molecular weight excluding hydrogens is 328 g/mol. The van der Waals surface area contributed by atoms with Crippen LogP contribution in [0.5, 0.6) is 5.88 Å². The van der Waals surface area contributed by atoms with Crippen LogP contribution < -0.4 is 10.1 Å². The summed E-state index contributed by atoms with van der Waals surface area (Å²) in [6, 6.07) is 12.9. The van der Waals surface area contributed by atoms with Crippen LogP contribution in [0.1, 0.15) is 38.8 Å². The number of hydrogen-bond acceptors (Lipinski definition) is 5. The number of nitrogens with one attached hydrogen (secondary N) is 1. The first-order valence-electron chi connectivity index (χ1n) is 8.23. The number of aryl methyl sites for hydroxylation is 2. The quantitative estimate of drug-likeness (QED) is 0.767. The molecule has 0 aliphatic carbocycles. The Morgan fingerprint density at radius 3 is 2.38 bits per heavy atom. The molecule has 1 aromatic carbocycles. The van der Waals surface area contributed by atoms with E-state index in [1.807, 2.05) is 26.0 Å². The summed E-state index contributed by atoms with van der Waals surface area (Å²) < 4.78 is 4.98. The van der Waals surface area contributed by atoms with Gasteiger partial charge in [0.25, 0.3) is 5.91 Å². The molecule has 132 valence electrons. The molecule has 0 unspecified atom stereocenters. The van der Waals surface area contributed by atoms with Crippen molar-refractivity contribution in [1.29, 1.82) is 0 Å². The van der Waals surface area contributed by atoms with Gasteiger partial charge in [0.2, 0.25) is 5.88 Å². The molecule has 3 rings (SSSR count). The van der Waals surface area contributed by atoms with E-state index in [4.69, 9.17) is 4.74 Å². The predicted molar refractivity (Wildman–Crippen MR) is 98.0 cm³/mol. The Hall–Kier alpha value is -3.28. The van der Waals surface area contributed by atoms with Gasteiger partial charge < -0.3 is 10.1 Å². The summed E-state index contributed by atoms with van der Waals surface area (Å²) in [6.07, 6.45) is 3.46. The Kier molecular flexibility index (Phi) is 5.22. The molecule has 0 saturated heterocycles. The van der Waals surface area contributed by atoms with Crippen LogP contribution in [0.2, 0.25) is 0 Å². The van der Waals surface area contributed by atoms with E-state index in [0.717, 1.165) is 22.3 Å². The van der Waals surface area contributed by atoms with Crippen molar-refractivity contribution >= 4 is 5.91 Å². The SMILES string of the molecule is COc1ccc(C(=O)N[C@H](c2cccnc2)c2cc(C)cc(C)c2)nn1. The first kappa shape index (κ1) is 17.5. The van der Waals surface area contributed by atoms with E-state index >= 15 is 0 Å². The molecule has 0 bridgehead atoms. The van der Waals surface area contributed by atoms with Crippen LogP contribution in [-0.2, 0) is 0 Å². The van der Waals surface area contributed by atoms with Gasteiger partial charge >= 0.3 is 0 Å². The van der Waals surface area contributed by atoms with Crippen LogP contribution in [0, 0.1) is 13.8 Å². The lowest BCUT2D eigenvalue weighted by Crippen LogP contribution is -2.30. The molecule has 1 atom stereocenters. The van der Waals surface area contributed by atoms with E-state index < -0.39 is 0 Å². The van der Waals surface area contributed by atoms with E-state index in [9.17, 15) is 4.79 Å². The minimum atomic E-state index is -0.335. The molecule has 0 saturated carbocycles. The molecule has 0 aliphatic heterocycles. The van der Waals surface area contributed by atoms with E-state index in [0.29, 0.717) is 5.88 Å². The number of methoxy groups -OCH3 is 1. The number of aromatic nitrogens is 3. The minimum absolute atomic E-state index is 0.226. The average molecular weight is 348 g/mol. The fourth-order valence-corrected chi connectivity index (χ4v) is 2.84. The zero-order valence-electron chi connectivity index (χ0n) is 14.9. The van der Waals surface area contributed by atoms with E-state index in [1.165, 1.54) is 7.11 Å². The third-order valence-electron chi connectivity index (χ3n) is 3.95. The van der Waals surface area contributed by atoms with Crippen molar-refractivity contribution in [3.05, 3.63) is 82.8 Å². The van der Waals surface area contributed by atoms with Crippen molar-refractivity contribution in [2.45, 2.75) is 19.9 Å². The average Bonchev–Trinajstić information content (AvgIpc) is 2.66. The van der Waals surface area contributed by atoms with Crippen molar-refractivity contribution in [1.82, 2.24) is 20.5 Å². The highest BCUT2D eigenvalue weighted by molar-refractivity contribution is 5.92. The largest absolute Gasteiger partial charge is 0.480 e. The van der Waals surface area contributed by atoms with Crippen molar-refractivity contribution in [2.75, 3.05) is 7.11 Å². The molecule has 0 fully saturated rings. The van der Waals surface area contributed by atoms with Crippen molar-refractivity contribution in [3.8, 4) is 5.88 Å². The van der Waals surface area contributed by atoms with Crippen LogP contribution in [0.4, 0.5) is 0 Å². The monoisotopic (exact) mass is 348 g/mol. The Morgan fingerprint density at radius 1 is 1.04 bits per heavy atom. The van der Waals surface area contributed by atoms with E-state index in [1.54, 1.807) is 24.5 Å². The highest BCUT2D eigenvalue weighted by Gasteiger charge is 2.19. The summed E-state index contributed by atoms with van der Waals surface area (Å²) in [5, 5.41) is 10.8. The van der Waals surface area contributed by atoms with E-state index in [2.05, 4.69) is 38.7 Å². The van der Waals surface area contributed by atoms with Gasteiger partial charge in [0, 0.05) is 18.5 Å². The summed E-state index contributed by atoms with van der Waals surface area (Å²) in [6.45, 7) is 4.07. The number of pyridine rings is 1. The normalized spacial score (nSPS) is 11.7. The van der Waals surface area contributed by atoms with Crippen LogP contribution in [0.25, 0.3) is 0 Å². The molecule has 0 spiro atoms. The van der Waals surface area contributed by atoms with Crippen LogP contribution in [0.15, 0.2) is 54.9 Å². The van der Waals surface area contributed by atoms with Gasteiger partial charge in [-0.3, -0.25) is 9.78 Å². The summed E-state index contributed by atoms with van der Waals surface area (Å²) in [5.41, 5.74) is 4.38. The first-order chi connectivity index (χ1) is 12.6. The number of nitrogens with zero attached hydrogens (tertiary/aromatic N) is 3. The zero-order chi connectivity index (χ0) is 18.5. The van der Waals surface area contributed by atoms with Crippen LogP contribution >= 0.6 is 0 Å². The number of benzene rings is 1. The molecule has 26 heavy (non-hydrogen) atoms. The Bertz CT molecular complexity index is 875. The summed E-state index contributed by atoms with van der Waals surface area (Å²) in [7, 11) is 1.50. The second kappa shape index (κ2) is 7.74. The summed E-state index contributed by atoms with van der Waals surface area (Å²) in [4.78, 5) is 16.9. The second-order valence-corrected chi connectivity index (χ2v) is 6.07. The highest BCUT2D eigenvalue weighted by Crippen LogP contribution is 2.24. The van der Waals surface area contributed by atoms with E-state index in [-0.39, 0.29) is 17.6 Å². The third kappa shape index (κ3) is 4.03. The van der Waals surface area contributed by atoms with Gasteiger partial charge in [-0.15, -0.1) is 10.2 Å². The number of hydrogen-bond donors (Lipinski definition) is 1. The third-order valence-corrected chi connectivity index (χ3v) is 3.95. The van der Waals surface area contributed by atoms with Crippen molar-refractivity contribution < 1.29 is 9.53 Å². The number of ether oxygens (including phenoxy) is 1. The number of carbonyl (C=O) groups is 1. The molecule has 3 aromatic rings. The Balaban J connectivity index is 1.94. The predicted octanol–water partition coefficient (Wildman–Crippen LogP) is 3.02. The lowest BCUT2D eigenvalue weighted by Gasteiger charge is -2.20. The van der Waals surface area contributed by atoms with Gasteiger partial charge in [-0.2, -0.15) is 0 Å². The molecule has 2 aromatic heterocycles. The standard InChI is InChI=1S/C20H20N4O2/c1-13-9-14(2)11-16(10-13)19(15-5-4-8-21-12-15)22-20(25)17-6-7-18(26-3)24-23-17/h4-12,19H,1-3H3,(H,22,25)/t19-/m1/s1. The number of carbonyl (C=O) groups excluding carboxylic acids is 1. The fraction of sp³-hybridized carbons (Fsp3) is 0.200. The molecular formula is C20H20N4O2. The zero-order valence-corrected chi connectivity index (χ0v) is 14.9. The molecule has 1 N–H and O–H groups in total. The molecule has 2 heterocycles. The van der Waals surface area contributed by atoms with Crippen LogP contribution in [0.3, 0.4) is 0 Å². The smallest absolute Gasteiger partial charge is 0.272 e. The second-order valence-electron chi connectivity index (χ2n) is 6.07. The van der Waals surface area contributed by atoms with Gasteiger partial charge in [-0.25, -0.2) is 0 Å². The highest BCUT2D eigenvalue weighted by atomic mass is 16.5. The maximum atomic E-state index is 12.7. The number of amides is 1. The van der Waals surface area contributed by atoms with Crippen LogP contribution in [-0.4, -0.2) is 28.2 Å². The van der Waals surface area contributed by atoms with Crippen molar-refractivity contribution in [3.63, 3.8) is 0 Å². The lowest BCUT2D eigenvalue weighted by molar-refractivity contribution is 0.0936. The first-order valence-corrected chi connectivity index (χ1v) is 8.23. The molecule has 0 radical (unpaired) electrons. The topological polar surface area (TPSA) is 77.0 Å². The maximum Gasteiger partial charge on any atom is 0.272 e. The minimum Gasteiger partial charge on any atom is -0.480 e. The van der Waals surface area contributed by atoms with Gasteiger partial charge in [0.15, 0.2) is 5.69 Å². The number of rotatable bonds is 5. The summed E-state index contributed by atoms with van der Waals surface area (Å²) >= 11 is 0. The summed E-state index contributed by atoms with van der Waals surface area (Å²) in [5.74, 6) is 0.0489. The maximum absolute atomic E-state index is 12.7. The molecule has 6 nitrogen and oxygen atoms in total. The molecule has 1 amide bonds. The Labute approximate surface area is 152 Å². The lowest BCUT2D eigenvalue weighted by atomic mass is 9.96. The van der Waals surface area contributed by atoms with Gasteiger partial charge in [-0.05, 0) is 37.1 Å². The Morgan fingerprint density at radius 2 is 1.81 bits per heavy atom. The van der Waals surface area contributed by atoms with Gasteiger partial charge in [0.1, 0.15) is 0 Å². The fourth-order valence-electron chi connectivity index (χ4n) is 2.84. The molecule has 6 heteroatoms.